The number of carbonyl (C=O) groups is 1. The van der Waals surface area contributed by atoms with Crippen LogP contribution in [0.4, 0.5) is 8.78 Å². The fraction of sp³-hybridized carbons (Fsp3) is 0.286. The van der Waals surface area contributed by atoms with E-state index in [9.17, 15) is 13.6 Å². The van der Waals surface area contributed by atoms with Gasteiger partial charge in [0.15, 0.2) is 11.6 Å². The van der Waals surface area contributed by atoms with Crippen molar-refractivity contribution in [3.05, 3.63) is 46.9 Å². The van der Waals surface area contributed by atoms with E-state index < -0.39 is 17.6 Å². The molecule has 6 heteroatoms. The van der Waals surface area contributed by atoms with Crippen LogP contribution >= 0.6 is 0 Å². The summed E-state index contributed by atoms with van der Waals surface area (Å²) in [5.74, 6) is -2.49. The Labute approximate surface area is 113 Å². The molecule has 4 nitrogen and oxygen atoms in total. The van der Waals surface area contributed by atoms with Gasteiger partial charge < -0.3 is 9.26 Å². The highest BCUT2D eigenvalue weighted by Gasteiger charge is 2.28. The smallest absolute Gasteiger partial charge is 0.348 e. The number of halogens is 2. The van der Waals surface area contributed by atoms with Crippen LogP contribution in [0.1, 0.15) is 40.4 Å². The quantitative estimate of drug-likeness (QED) is 0.638. The summed E-state index contributed by atoms with van der Waals surface area (Å²) in [6, 6.07) is 2.00. The van der Waals surface area contributed by atoms with E-state index >= 15 is 0 Å². The van der Waals surface area contributed by atoms with E-state index in [1.54, 1.807) is 6.92 Å². The topological polar surface area (TPSA) is 52.3 Å². The molecule has 0 N–H and O–H groups in total. The van der Waals surface area contributed by atoms with Gasteiger partial charge in [-0.1, -0.05) is 5.16 Å². The predicted molar refractivity (Wildman–Crippen MR) is 64.5 cm³/mol. The lowest BCUT2D eigenvalue weighted by atomic mass is 10.1. The lowest BCUT2D eigenvalue weighted by molar-refractivity contribution is 0.0726. The number of rotatable bonds is 3. The molecule has 0 radical (unpaired) electrons. The van der Waals surface area contributed by atoms with Gasteiger partial charge in [-0.25, -0.2) is 13.6 Å². The molecular formula is C14H11F2NO3. The summed E-state index contributed by atoms with van der Waals surface area (Å²) in [5, 5.41) is 3.54. The van der Waals surface area contributed by atoms with Gasteiger partial charge in [-0.15, -0.1) is 0 Å². The van der Waals surface area contributed by atoms with Crippen molar-refractivity contribution in [3.8, 4) is 5.75 Å². The Morgan fingerprint density at radius 2 is 2.10 bits per heavy atom. The van der Waals surface area contributed by atoms with Gasteiger partial charge in [-0.3, -0.25) is 0 Å². The summed E-state index contributed by atoms with van der Waals surface area (Å²) in [7, 11) is 0. The predicted octanol–water partition coefficient (Wildman–Crippen LogP) is 3.36. The summed E-state index contributed by atoms with van der Waals surface area (Å²) in [4.78, 5) is 11.8. The number of hydrogen-bond acceptors (Lipinski definition) is 4. The third-order valence-electron chi connectivity index (χ3n) is 3.24. The highest BCUT2D eigenvalue weighted by Crippen LogP contribution is 2.43. The number of ether oxygens (including phenoxy) is 1. The molecule has 1 saturated carbocycles. The molecule has 0 bridgehead atoms. The minimum absolute atomic E-state index is 0.0883. The summed E-state index contributed by atoms with van der Waals surface area (Å²) >= 11 is 0. The zero-order valence-electron chi connectivity index (χ0n) is 10.7. The minimum Gasteiger partial charge on any atom is -0.420 e. The summed E-state index contributed by atoms with van der Waals surface area (Å²) in [6.45, 7) is 1.57. The van der Waals surface area contributed by atoms with Crippen LogP contribution in [0, 0.1) is 18.6 Å². The molecular weight excluding hydrogens is 268 g/mol. The lowest BCUT2D eigenvalue weighted by Gasteiger charge is -2.08. The molecule has 20 heavy (non-hydrogen) atoms. The first-order valence-corrected chi connectivity index (χ1v) is 6.18. The number of carbonyl (C=O) groups excluding carboxylic acids is 1. The number of aromatic nitrogens is 1. The van der Waals surface area contributed by atoms with E-state index in [0.717, 1.165) is 25.2 Å². The zero-order valence-corrected chi connectivity index (χ0v) is 10.7. The maximum Gasteiger partial charge on any atom is 0.348 e. The molecule has 3 rings (SSSR count). The molecule has 0 atom stereocenters. The van der Waals surface area contributed by atoms with Gasteiger partial charge >= 0.3 is 5.97 Å². The maximum atomic E-state index is 13.7. The van der Waals surface area contributed by atoms with Gasteiger partial charge in [0.25, 0.3) is 0 Å². The van der Waals surface area contributed by atoms with Gasteiger partial charge in [-0.2, -0.15) is 0 Å². The lowest BCUT2D eigenvalue weighted by Crippen LogP contribution is -2.10. The molecule has 1 fully saturated rings. The number of benzene rings is 1. The standard InChI is InChI=1S/C14H11F2NO3/c1-7-10(6-19-17-7)14(18)20-13-4-9(8-2-3-8)11(15)5-12(13)16/h4-6,8H,2-3H2,1H3. The Balaban J connectivity index is 1.89. The van der Waals surface area contributed by atoms with Gasteiger partial charge in [0, 0.05) is 6.07 Å². The fourth-order valence-electron chi connectivity index (χ4n) is 1.97. The van der Waals surface area contributed by atoms with E-state index in [2.05, 4.69) is 9.68 Å². The second kappa shape index (κ2) is 4.70. The molecule has 1 aliphatic rings. The molecule has 0 saturated heterocycles. The van der Waals surface area contributed by atoms with Crippen LogP contribution in [0.2, 0.25) is 0 Å². The van der Waals surface area contributed by atoms with Gasteiger partial charge in [0.2, 0.25) is 0 Å². The van der Waals surface area contributed by atoms with Crippen molar-refractivity contribution in [3.63, 3.8) is 0 Å². The number of esters is 1. The molecule has 0 amide bonds. The van der Waals surface area contributed by atoms with Gasteiger partial charge in [-0.05, 0) is 37.3 Å². The highest BCUT2D eigenvalue weighted by molar-refractivity contribution is 5.91. The third kappa shape index (κ3) is 2.29. The first-order chi connectivity index (χ1) is 9.56. The van der Waals surface area contributed by atoms with E-state index in [-0.39, 0.29) is 17.2 Å². The van der Waals surface area contributed by atoms with E-state index in [4.69, 9.17) is 4.74 Å². The Kier molecular flexibility index (Phi) is 3.00. The summed E-state index contributed by atoms with van der Waals surface area (Å²) in [6.07, 6.45) is 2.85. The first kappa shape index (κ1) is 12.8. The SMILES string of the molecule is Cc1nocc1C(=O)Oc1cc(C2CC2)c(F)cc1F. The Morgan fingerprint density at radius 1 is 1.35 bits per heavy atom. The van der Waals surface area contributed by atoms with Gasteiger partial charge in [0.1, 0.15) is 17.6 Å². The molecule has 1 heterocycles. The third-order valence-corrected chi connectivity index (χ3v) is 3.24. The van der Waals surface area contributed by atoms with Crippen molar-refractivity contribution in [2.24, 2.45) is 0 Å². The number of aryl methyl sites for hydroxylation is 1. The molecule has 104 valence electrons. The van der Waals surface area contributed by atoms with Crippen molar-refractivity contribution in [2.45, 2.75) is 25.7 Å². The van der Waals surface area contributed by atoms with Crippen molar-refractivity contribution < 1.29 is 22.8 Å². The number of nitrogens with zero attached hydrogens (tertiary/aromatic N) is 1. The normalized spacial score (nSPS) is 14.3. The largest absolute Gasteiger partial charge is 0.420 e. The van der Waals surface area contributed by atoms with Crippen LogP contribution in [-0.2, 0) is 0 Å². The second-order valence-electron chi connectivity index (χ2n) is 4.78. The first-order valence-electron chi connectivity index (χ1n) is 6.18. The Bertz CT molecular complexity index is 677. The molecule has 0 aliphatic heterocycles. The van der Waals surface area contributed by atoms with Crippen LogP contribution in [0.25, 0.3) is 0 Å². The molecule has 2 aromatic rings. The summed E-state index contributed by atoms with van der Waals surface area (Å²) < 4.78 is 36.8. The minimum atomic E-state index is -0.908. The molecule has 0 spiro atoms. The van der Waals surface area contributed by atoms with Crippen LogP contribution in [0.3, 0.4) is 0 Å². The highest BCUT2D eigenvalue weighted by atomic mass is 19.1. The monoisotopic (exact) mass is 279 g/mol. The number of hydrogen-bond donors (Lipinski definition) is 0. The fourth-order valence-corrected chi connectivity index (χ4v) is 1.97. The molecule has 1 aromatic carbocycles. The molecule has 1 aliphatic carbocycles. The van der Waals surface area contributed by atoms with Gasteiger partial charge in [0.05, 0.1) is 5.69 Å². The summed E-state index contributed by atoms with van der Waals surface area (Å²) in [5.41, 5.74) is 0.845. The van der Waals surface area contributed by atoms with Crippen molar-refractivity contribution in [2.75, 3.05) is 0 Å². The van der Waals surface area contributed by atoms with Crippen molar-refractivity contribution in [1.29, 1.82) is 0 Å². The van der Waals surface area contributed by atoms with E-state index in [1.165, 1.54) is 6.07 Å². The van der Waals surface area contributed by atoms with E-state index in [1.807, 2.05) is 0 Å². The Hall–Kier alpha value is -2.24. The van der Waals surface area contributed by atoms with E-state index in [0.29, 0.717) is 11.3 Å². The Morgan fingerprint density at radius 3 is 2.70 bits per heavy atom. The zero-order chi connectivity index (χ0) is 14.3. The maximum absolute atomic E-state index is 13.7. The average molecular weight is 279 g/mol. The van der Waals surface area contributed by atoms with Crippen LogP contribution in [0.5, 0.6) is 5.75 Å². The average Bonchev–Trinajstić information content (AvgIpc) is 3.14. The van der Waals surface area contributed by atoms with Crippen LogP contribution < -0.4 is 4.74 Å². The van der Waals surface area contributed by atoms with Crippen molar-refractivity contribution >= 4 is 5.97 Å². The molecule has 1 aromatic heterocycles. The van der Waals surface area contributed by atoms with Crippen molar-refractivity contribution in [1.82, 2.24) is 5.16 Å². The van der Waals surface area contributed by atoms with Crippen LogP contribution in [-0.4, -0.2) is 11.1 Å². The molecule has 0 unspecified atom stereocenters. The van der Waals surface area contributed by atoms with Crippen LogP contribution in [0.15, 0.2) is 22.9 Å². The second-order valence-corrected chi connectivity index (χ2v) is 4.78.